The van der Waals surface area contributed by atoms with Crippen molar-refractivity contribution in [3.63, 3.8) is 0 Å². The monoisotopic (exact) mass is 394 g/mol. The molecule has 0 aliphatic rings. The van der Waals surface area contributed by atoms with Crippen molar-refractivity contribution in [1.29, 1.82) is 0 Å². The van der Waals surface area contributed by atoms with Gasteiger partial charge in [0, 0.05) is 11.9 Å². The Hall–Kier alpha value is -2.38. The summed E-state index contributed by atoms with van der Waals surface area (Å²) in [4.78, 5) is 37.9. The molecule has 2 rings (SSSR count). The largest absolute Gasteiger partial charge is 0.456 e. The fourth-order valence-electron chi connectivity index (χ4n) is 2.06. The number of nitrogens with one attached hydrogen (secondary N) is 1. The minimum Gasteiger partial charge on any atom is -0.456 e. The first-order valence-corrected chi connectivity index (χ1v) is 9.18. The van der Waals surface area contributed by atoms with E-state index in [1.165, 1.54) is 11.9 Å². The van der Waals surface area contributed by atoms with Crippen LogP contribution in [0.4, 0.5) is 5.69 Å². The number of benzene rings is 1. The molecule has 1 heterocycles. The lowest BCUT2D eigenvalue weighted by Crippen LogP contribution is -2.37. The van der Waals surface area contributed by atoms with Gasteiger partial charge < -0.3 is 15.0 Å². The zero-order chi connectivity index (χ0) is 18.9. The molecule has 0 aliphatic carbocycles. The number of ether oxygens (including phenoxy) is 1. The fourth-order valence-corrected chi connectivity index (χ4v) is 2.95. The molecule has 2 aromatic rings. The van der Waals surface area contributed by atoms with Gasteiger partial charge in [-0.2, -0.15) is 0 Å². The summed E-state index contributed by atoms with van der Waals surface area (Å²) >= 11 is 7.53. The third-order valence-electron chi connectivity index (χ3n) is 3.47. The van der Waals surface area contributed by atoms with Crippen LogP contribution in [0.15, 0.2) is 41.8 Å². The van der Waals surface area contributed by atoms with Crippen LogP contribution in [0, 0.1) is 0 Å². The molecule has 0 aliphatic heterocycles. The van der Waals surface area contributed by atoms with E-state index in [9.17, 15) is 14.4 Å². The first-order chi connectivity index (χ1) is 12.5. The van der Waals surface area contributed by atoms with Crippen LogP contribution < -0.4 is 5.32 Å². The Balaban J connectivity index is 1.70. The molecular weight excluding hydrogens is 376 g/mol. The zero-order valence-corrected chi connectivity index (χ0v) is 15.8. The summed E-state index contributed by atoms with van der Waals surface area (Å²) in [5.41, 5.74) is 0.472. The van der Waals surface area contributed by atoms with Gasteiger partial charge in [-0.3, -0.25) is 14.4 Å². The molecule has 0 unspecified atom stereocenters. The number of amides is 2. The molecule has 0 spiro atoms. The summed E-state index contributed by atoms with van der Waals surface area (Å²) in [7, 11) is 1.47. The van der Waals surface area contributed by atoms with Crippen LogP contribution in [0.25, 0.3) is 0 Å². The summed E-state index contributed by atoms with van der Waals surface area (Å²) in [6.45, 7) is -0.560. The number of likely N-dealkylation sites (N-methyl/N-ethyl adjacent to an activating group) is 1. The van der Waals surface area contributed by atoms with Crippen molar-refractivity contribution < 1.29 is 19.1 Å². The number of carbonyl (C=O) groups excluding carboxylic acids is 3. The number of para-hydroxylation sites is 1. The number of anilines is 1. The molecule has 0 bridgehead atoms. The predicted molar refractivity (Wildman–Crippen MR) is 101 cm³/mol. The lowest BCUT2D eigenvalue weighted by Gasteiger charge is -2.17. The van der Waals surface area contributed by atoms with Crippen molar-refractivity contribution >= 4 is 46.4 Å². The normalized spacial score (nSPS) is 10.2. The predicted octanol–water partition coefficient (Wildman–Crippen LogP) is 2.97. The molecule has 6 nitrogen and oxygen atoms in total. The zero-order valence-electron chi connectivity index (χ0n) is 14.2. The molecule has 2 amide bonds. The van der Waals surface area contributed by atoms with E-state index in [1.807, 2.05) is 17.5 Å². The van der Waals surface area contributed by atoms with E-state index >= 15 is 0 Å². The van der Waals surface area contributed by atoms with Crippen molar-refractivity contribution in [2.24, 2.45) is 0 Å². The van der Waals surface area contributed by atoms with Gasteiger partial charge >= 0.3 is 5.97 Å². The van der Waals surface area contributed by atoms with E-state index in [0.717, 1.165) is 4.88 Å². The number of hydrogen-bond acceptors (Lipinski definition) is 5. The molecule has 138 valence electrons. The second kappa shape index (κ2) is 9.94. The molecule has 0 saturated carbocycles. The number of carbonyl (C=O) groups is 3. The maximum Gasteiger partial charge on any atom is 0.306 e. The van der Waals surface area contributed by atoms with Crippen LogP contribution in [0.1, 0.15) is 11.3 Å². The van der Waals surface area contributed by atoms with E-state index in [0.29, 0.717) is 17.1 Å². The second-order valence-corrected chi connectivity index (χ2v) is 6.96. The fraction of sp³-hybridized carbons (Fsp3) is 0.278. The lowest BCUT2D eigenvalue weighted by atomic mass is 10.3. The van der Waals surface area contributed by atoms with Crippen LogP contribution in [0.2, 0.25) is 5.02 Å². The standard InChI is InChI=1S/C18H19ClN2O4S/c1-21(11-16(22)20-15-7-3-2-6-14(15)19)17(23)12-25-18(24)9-8-13-5-4-10-26-13/h2-7,10H,8-9,11-12H2,1H3,(H,20,22). The maximum absolute atomic E-state index is 12.0. The summed E-state index contributed by atoms with van der Waals surface area (Å²) in [6.07, 6.45) is 0.797. The summed E-state index contributed by atoms with van der Waals surface area (Å²) in [5, 5.41) is 4.97. The molecule has 0 fully saturated rings. The summed E-state index contributed by atoms with van der Waals surface area (Å²) in [5.74, 6) is -1.29. The Morgan fingerprint density at radius 1 is 1.19 bits per heavy atom. The van der Waals surface area contributed by atoms with E-state index in [2.05, 4.69) is 5.32 Å². The number of nitrogens with zero attached hydrogens (tertiary/aromatic N) is 1. The molecular formula is C18H19ClN2O4S. The van der Waals surface area contributed by atoms with Crippen molar-refractivity contribution in [2.45, 2.75) is 12.8 Å². The van der Waals surface area contributed by atoms with Gasteiger partial charge in [0.1, 0.15) is 0 Å². The highest BCUT2D eigenvalue weighted by atomic mass is 35.5. The average molecular weight is 395 g/mol. The molecule has 0 radical (unpaired) electrons. The summed E-state index contributed by atoms with van der Waals surface area (Å²) in [6, 6.07) is 10.7. The Morgan fingerprint density at radius 3 is 2.65 bits per heavy atom. The van der Waals surface area contributed by atoms with Gasteiger partial charge in [0.05, 0.1) is 23.7 Å². The van der Waals surface area contributed by atoms with Gasteiger partial charge in [0.2, 0.25) is 5.91 Å². The molecule has 1 N–H and O–H groups in total. The number of aryl methyl sites for hydroxylation is 1. The Labute approximate surface area is 160 Å². The van der Waals surface area contributed by atoms with Gasteiger partial charge in [-0.05, 0) is 30.0 Å². The number of thiophene rings is 1. The van der Waals surface area contributed by atoms with Gasteiger partial charge in [0.25, 0.3) is 5.91 Å². The van der Waals surface area contributed by atoms with Gasteiger partial charge in [-0.15, -0.1) is 11.3 Å². The smallest absolute Gasteiger partial charge is 0.306 e. The number of rotatable bonds is 8. The van der Waals surface area contributed by atoms with E-state index in [4.69, 9.17) is 16.3 Å². The number of hydrogen-bond donors (Lipinski definition) is 1. The Kier molecular flexibility index (Phi) is 7.62. The average Bonchev–Trinajstić information content (AvgIpc) is 3.13. The van der Waals surface area contributed by atoms with Crippen molar-refractivity contribution in [1.82, 2.24) is 4.90 Å². The third-order valence-corrected chi connectivity index (χ3v) is 4.73. The van der Waals surface area contributed by atoms with Crippen LogP contribution in [0.5, 0.6) is 0 Å². The van der Waals surface area contributed by atoms with Gasteiger partial charge in [-0.1, -0.05) is 29.8 Å². The highest BCUT2D eigenvalue weighted by molar-refractivity contribution is 7.09. The lowest BCUT2D eigenvalue weighted by molar-refractivity contribution is -0.151. The highest BCUT2D eigenvalue weighted by Gasteiger charge is 2.16. The number of esters is 1. The minimum absolute atomic E-state index is 0.170. The van der Waals surface area contributed by atoms with Crippen molar-refractivity contribution in [3.05, 3.63) is 51.7 Å². The molecule has 26 heavy (non-hydrogen) atoms. The van der Waals surface area contributed by atoms with Crippen molar-refractivity contribution in [3.8, 4) is 0 Å². The van der Waals surface area contributed by atoms with E-state index in [-0.39, 0.29) is 19.6 Å². The maximum atomic E-state index is 12.0. The minimum atomic E-state index is -0.455. The SMILES string of the molecule is CN(CC(=O)Nc1ccccc1Cl)C(=O)COC(=O)CCc1cccs1. The molecule has 8 heteroatoms. The van der Waals surface area contributed by atoms with Gasteiger partial charge in [-0.25, -0.2) is 0 Å². The molecule has 1 aromatic carbocycles. The van der Waals surface area contributed by atoms with Crippen LogP contribution in [-0.4, -0.2) is 42.9 Å². The van der Waals surface area contributed by atoms with Crippen LogP contribution >= 0.6 is 22.9 Å². The van der Waals surface area contributed by atoms with Crippen LogP contribution in [-0.2, 0) is 25.5 Å². The first-order valence-electron chi connectivity index (χ1n) is 7.92. The summed E-state index contributed by atoms with van der Waals surface area (Å²) < 4.78 is 4.96. The van der Waals surface area contributed by atoms with Crippen LogP contribution in [0.3, 0.4) is 0 Å². The first kappa shape index (κ1) is 19.9. The van der Waals surface area contributed by atoms with Gasteiger partial charge in [0.15, 0.2) is 6.61 Å². The Bertz CT molecular complexity index is 764. The van der Waals surface area contributed by atoms with E-state index in [1.54, 1.807) is 35.6 Å². The molecule has 0 atom stereocenters. The Morgan fingerprint density at radius 2 is 1.96 bits per heavy atom. The molecule has 0 saturated heterocycles. The van der Waals surface area contributed by atoms with E-state index < -0.39 is 17.8 Å². The van der Waals surface area contributed by atoms with Crippen molar-refractivity contribution in [2.75, 3.05) is 25.5 Å². The quantitative estimate of drug-likeness (QED) is 0.698. The second-order valence-electron chi connectivity index (χ2n) is 5.52. The topological polar surface area (TPSA) is 75.7 Å². The number of halogens is 1. The third kappa shape index (κ3) is 6.50. The highest BCUT2D eigenvalue weighted by Crippen LogP contribution is 2.20. The molecule has 1 aromatic heterocycles.